The third-order valence-electron chi connectivity index (χ3n) is 10.6. The summed E-state index contributed by atoms with van der Waals surface area (Å²) in [5.41, 5.74) is 0. The van der Waals surface area contributed by atoms with Crippen LogP contribution in [-0.4, -0.2) is 29.1 Å². The molecule has 0 saturated heterocycles. The van der Waals surface area contributed by atoms with E-state index in [-0.39, 0.29) is 0 Å². The van der Waals surface area contributed by atoms with Gasteiger partial charge in [0.15, 0.2) is 0 Å². The molecule has 0 fully saturated rings. The van der Waals surface area contributed by atoms with Gasteiger partial charge in [0, 0.05) is 25.5 Å². The SMILES string of the molecule is CCCCCCCCCCCCCCCN1C=CN(CCCCCCCCCCCCCC)C1CCCCCCCCCCC. The van der Waals surface area contributed by atoms with Crippen LogP contribution in [0.5, 0.6) is 0 Å². The van der Waals surface area contributed by atoms with Gasteiger partial charge in [0.2, 0.25) is 0 Å². The van der Waals surface area contributed by atoms with Gasteiger partial charge in [-0.3, -0.25) is 0 Å². The van der Waals surface area contributed by atoms with E-state index in [2.05, 4.69) is 43.0 Å². The van der Waals surface area contributed by atoms with E-state index in [4.69, 9.17) is 0 Å². The van der Waals surface area contributed by atoms with Crippen LogP contribution in [0.3, 0.4) is 0 Å². The summed E-state index contributed by atoms with van der Waals surface area (Å²) in [5.74, 6) is 0. The average Bonchev–Trinajstić information content (AvgIpc) is 3.43. The summed E-state index contributed by atoms with van der Waals surface area (Å²) in [6, 6.07) is 0. The molecule has 1 aliphatic rings. The Hall–Kier alpha value is -0.660. The highest BCUT2D eigenvalue weighted by atomic mass is 15.4. The maximum atomic E-state index is 2.73. The van der Waals surface area contributed by atoms with Crippen molar-refractivity contribution in [2.75, 3.05) is 13.1 Å². The molecule has 1 atom stereocenters. The van der Waals surface area contributed by atoms with Crippen molar-refractivity contribution >= 4 is 0 Å². The van der Waals surface area contributed by atoms with E-state index < -0.39 is 0 Å². The highest BCUT2D eigenvalue weighted by molar-refractivity contribution is 4.97. The van der Waals surface area contributed by atoms with Gasteiger partial charge < -0.3 is 9.80 Å². The van der Waals surface area contributed by atoms with E-state index in [1.165, 1.54) is 238 Å². The van der Waals surface area contributed by atoms with Crippen molar-refractivity contribution in [1.82, 2.24) is 9.80 Å². The topological polar surface area (TPSA) is 6.48 Å². The largest absolute Gasteiger partial charge is 0.356 e. The zero-order valence-electron chi connectivity index (χ0n) is 31.8. The maximum Gasteiger partial charge on any atom is 0.101 e. The van der Waals surface area contributed by atoms with Gasteiger partial charge in [-0.15, -0.1) is 0 Å². The van der Waals surface area contributed by atoms with E-state index in [1.807, 2.05) is 0 Å². The zero-order valence-corrected chi connectivity index (χ0v) is 31.8. The molecule has 1 unspecified atom stereocenters. The Bertz CT molecular complexity index is 586. The third-order valence-corrected chi connectivity index (χ3v) is 10.6. The summed E-state index contributed by atoms with van der Waals surface area (Å²) in [4.78, 5) is 5.45. The van der Waals surface area contributed by atoms with Gasteiger partial charge in [0.25, 0.3) is 0 Å². The highest BCUT2D eigenvalue weighted by Crippen LogP contribution is 2.24. The van der Waals surface area contributed by atoms with Crippen LogP contribution < -0.4 is 0 Å². The lowest BCUT2D eigenvalue weighted by molar-refractivity contribution is 0.135. The van der Waals surface area contributed by atoms with Crippen molar-refractivity contribution in [2.45, 2.75) is 252 Å². The first-order valence-corrected chi connectivity index (χ1v) is 21.5. The molecule has 1 rings (SSSR count). The van der Waals surface area contributed by atoms with Crippen molar-refractivity contribution in [3.63, 3.8) is 0 Å². The molecule has 0 amide bonds. The third kappa shape index (κ3) is 27.0. The number of hydrogen-bond acceptors (Lipinski definition) is 2. The summed E-state index contributed by atoms with van der Waals surface area (Å²) < 4.78 is 0. The predicted octanol–water partition coefficient (Wildman–Crippen LogP) is 15.1. The van der Waals surface area contributed by atoms with E-state index in [0.717, 1.165) is 0 Å². The zero-order chi connectivity index (χ0) is 32.3. The van der Waals surface area contributed by atoms with Crippen LogP contribution in [0.2, 0.25) is 0 Å². The molecule has 0 N–H and O–H groups in total. The quantitative estimate of drug-likeness (QED) is 0.0630. The molecule has 0 spiro atoms. The number of nitrogens with zero attached hydrogens (tertiary/aromatic N) is 2. The van der Waals surface area contributed by atoms with Gasteiger partial charge in [0.1, 0.15) is 6.17 Å². The van der Waals surface area contributed by atoms with Crippen molar-refractivity contribution in [3.8, 4) is 0 Å². The minimum Gasteiger partial charge on any atom is -0.356 e. The minimum atomic E-state index is 0.639. The Morgan fingerprint density at radius 2 is 0.511 bits per heavy atom. The monoisotopic (exact) mass is 631 g/mol. The summed E-state index contributed by atoms with van der Waals surface area (Å²) in [5, 5.41) is 0. The number of hydrogen-bond donors (Lipinski definition) is 0. The molecule has 0 aromatic rings. The smallest absolute Gasteiger partial charge is 0.101 e. The van der Waals surface area contributed by atoms with Gasteiger partial charge in [-0.1, -0.05) is 220 Å². The van der Waals surface area contributed by atoms with E-state index in [9.17, 15) is 0 Å². The van der Waals surface area contributed by atoms with Crippen LogP contribution in [0.15, 0.2) is 12.4 Å². The average molecular weight is 631 g/mol. The standard InChI is InChI=1S/C43H86N2/c1-4-7-10-13-16-19-21-23-25-28-31-34-37-40-45-42-41-44(43(45)38-35-32-29-26-18-15-12-9-6-3)39-36-33-30-27-24-22-20-17-14-11-8-5-2/h41-43H,4-40H2,1-3H3. The first kappa shape index (κ1) is 42.4. The molecule has 2 nitrogen and oxygen atoms in total. The van der Waals surface area contributed by atoms with Crippen molar-refractivity contribution < 1.29 is 0 Å². The molecule has 2 heteroatoms. The Morgan fingerprint density at radius 1 is 0.289 bits per heavy atom. The molecular weight excluding hydrogens is 544 g/mol. The molecule has 268 valence electrons. The second kappa shape index (κ2) is 34.7. The van der Waals surface area contributed by atoms with Crippen LogP contribution in [0.25, 0.3) is 0 Å². The van der Waals surface area contributed by atoms with Crippen LogP contribution in [-0.2, 0) is 0 Å². The fourth-order valence-electron chi connectivity index (χ4n) is 7.42. The molecule has 0 aromatic heterocycles. The molecule has 1 aliphatic heterocycles. The van der Waals surface area contributed by atoms with Crippen molar-refractivity contribution in [1.29, 1.82) is 0 Å². The molecular formula is C43H86N2. The summed E-state index contributed by atoms with van der Waals surface area (Å²) in [6.45, 7) is 9.49. The Kier molecular flexibility index (Phi) is 32.6. The molecule has 0 radical (unpaired) electrons. The molecule has 0 aliphatic carbocycles. The Balaban J connectivity index is 2.20. The van der Waals surface area contributed by atoms with Crippen molar-refractivity contribution in [2.24, 2.45) is 0 Å². The first-order valence-electron chi connectivity index (χ1n) is 21.5. The fraction of sp³-hybridized carbons (Fsp3) is 0.953. The van der Waals surface area contributed by atoms with Gasteiger partial charge in [-0.25, -0.2) is 0 Å². The van der Waals surface area contributed by atoms with Crippen molar-refractivity contribution in [3.05, 3.63) is 12.4 Å². The van der Waals surface area contributed by atoms with Gasteiger partial charge in [0.05, 0.1) is 0 Å². The predicted molar refractivity (Wildman–Crippen MR) is 205 cm³/mol. The Morgan fingerprint density at radius 3 is 0.778 bits per heavy atom. The summed E-state index contributed by atoms with van der Waals surface area (Å²) in [6.07, 6.45) is 55.9. The van der Waals surface area contributed by atoms with Crippen LogP contribution in [0, 0.1) is 0 Å². The molecule has 1 heterocycles. The lowest BCUT2D eigenvalue weighted by Crippen LogP contribution is -2.39. The highest BCUT2D eigenvalue weighted by Gasteiger charge is 2.24. The normalized spacial score (nSPS) is 14.8. The van der Waals surface area contributed by atoms with E-state index >= 15 is 0 Å². The number of rotatable bonds is 37. The number of unbranched alkanes of at least 4 members (excludes halogenated alkanes) is 31. The Labute approximate surface area is 286 Å². The molecule has 0 aromatic carbocycles. The van der Waals surface area contributed by atoms with Gasteiger partial charge in [-0.2, -0.15) is 0 Å². The van der Waals surface area contributed by atoms with E-state index in [1.54, 1.807) is 0 Å². The fourth-order valence-corrected chi connectivity index (χ4v) is 7.42. The minimum absolute atomic E-state index is 0.639. The van der Waals surface area contributed by atoms with Crippen LogP contribution in [0.4, 0.5) is 0 Å². The lowest BCUT2D eigenvalue weighted by Gasteiger charge is -2.33. The molecule has 0 bridgehead atoms. The summed E-state index contributed by atoms with van der Waals surface area (Å²) >= 11 is 0. The van der Waals surface area contributed by atoms with Crippen LogP contribution >= 0.6 is 0 Å². The second-order valence-corrected chi connectivity index (χ2v) is 15.0. The van der Waals surface area contributed by atoms with Gasteiger partial charge >= 0.3 is 0 Å². The summed E-state index contributed by atoms with van der Waals surface area (Å²) in [7, 11) is 0. The second-order valence-electron chi connectivity index (χ2n) is 15.0. The lowest BCUT2D eigenvalue weighted by atomic mass is 10.0. The maximum absolute atomic E-state index is 2.73. The molecule has 45 heavy (non-hydrogen) atoms. The molecule has 0 saturated carbocycles. The van der Waals surface area contributed by atoms with E-state index in [0.29, 0.717) is 6.17 Å². The first-order chi connectivity index (χ1) is 22.3. The van der Waals surface area contributed by atoms with Gasteiger partial charge in [-0.05, 0) is 25.7 Å². The van der Waals surface area contributed by atoms with Crippen LogP contribution in [0.1, 0.15) is 245 Å².